The molecule has 1 saturated carbocycles. The van der Waals surface area contributed by atoms with Gasteiger partial charge in [-0.3, -0.25) is 9.89 Å². The number of hydrogen-bond acceptors (Lipinski definition) is 2. The van der Waals surface area contributed by atoms with E-state index in [4.69, 9.17) is 4.99 Å². The third-order valence-corrected chi connectivity index (χ3v) is 4.78. The highest BCUT2D eigenvalue weighted by Crippen LogP contribution is 2.26. The maximum absolute atomic E-state index is 4.71. The molecule has 0 spiro atoms. The van der Waals surface area contributed by atoms with Crippen molar-refractivity contribution in [1.82, 2.24) is 15.5 Å². The number of unbranched alkanes of at least 4 members (excludes halogenated alkanes) is 2. The molecule has 0 aromatic heterocycles. The van der Waals surface area contributed by atoms with Crippen molar-refractivity contribution in [3.05, 3.63) is 0 Å². The van der Waals surface area contributed by atoms with Crippen LogP contribution in [-0.4, -0.2) is 49.1 Å². The Bertz CT molecular complexity index is 310. The summed E-state index contributed by atoms with van der Waals surface area (Å²) in [4.78, 5) is 7.41. The number of aliphatic imine (C=N–C) groups is 1. The van der Waals surface area contributed by atoms with Crippen LogP contribution in [0.5, 0.6) is 0 Å². The van der Waals surface area contributed by atoms with Gasteiger partial charge in [-0.05, 0) is 32.6 Å². The van der Waals surface area contributed by atoms with E-state index in [-0.39, 0.29) is 0 Å². The van der Waals surface area contributed by atoms with E-state index in [1.54, 1.807) is 0 Å². The molecular weight excluding hydrogens is 260 g/mol. The van der Waals surface area contributed by atoms with Gasteiger partial charge in [0.05, 0.1) is 0 Å². The third kappa shape index (κ3) is 5.50. The average Bonchev–Trinajstić information content (AvgIpc) is 3.14. The van der Waals surface area contributed by atoms with E-state index in [1.165, 1.54) is 64.5 Å². The fourth-order valence-corrected chi connectivity index (χ4v) is 3.57. The lowest BCUT2D eigenvalue weighted by Gasteiger charge is -2.24. The molecule has 1 saturated heterocycles. The summed E-state index contributed by atoms with van der Waals surface area (Å²) in [6.07, 6.45) is 10.7. The third-order valence-electron chi connectivity index (χ3n) is 4.78. The van der Waals surface area contributed by atoms with Gasteiger partial charge in [-0.25, -0.2) is 0 Å². The van der Waals surface area contributed by atoms with E-state index in [1.807, 2.05) is 0 Å². The zero-order valence-electron chi connectivity index (χ0n) is 14.0. The van der Waals surface area contributed by atoms with Crippen LogP contribution in [0.25, 0.3) is 0 Å². The Morgan fingerprint density at radius 2 is 1.95 bits per heavy atom. The lowest BCUT2D eigenvalue weighted by Crippen LogP contribution is -2.45. The number of guanidine groups is 1. The number of hydrogen-bond donors (Lipinski definition) is 2. The first-order chi connectivity index (χ1) is 10.3. The first-order valence-electron chi connectivity index (χ1n) is 9.12. The number of rotatable bonds is 7. The van der Waals surface area contributed by atoms with Crippen LogP contribution in [0.4, 0.5) is 0 Å². The highest BCUT2D eigenvalue weighted by atomic mass is 15.3. The maximum atomic E-state index is 4.71. The first kappa shape index (κ1) is 16.6. The van der Waals surface area contributed by atoms with Crippen molar-refractivity contribution >= 4 is 5.96 Å². The van der Waals surface area contributed by atoms with Crippen LogP contribution in [0.15, 0.2) is 4.99 Å². The summed E-state index contributed by atoms with van der Waals surface area (Å²) in [6.45, 7) is 8.73. The van der Waals surface area contributed by atoms with E-state index in [2.05, 4.69) is 29.4 Å². The van der Waals surface area contributed by atoms with Gasteiger partial charge in [0.15, 0.2) is 5.96 Å². The topological polar surface area (TPSA) is 39.7 Å². The quantitative estimate of drug-likeness (QED) is 0.431. The van der Waals surface area contributed by atoms with E-state index < -0.39 is 0 Å². The van der Waals surface area contributed by atoms with Crippen molar-refractivity contribution in [3.63, 3.8) is 0 Å². The van der Waals surface area contributed by atoms with Gasteiger partial charge < -0.3 is 10.6 Å². The molecule has 0 bridgehead atoms. The van der Waals surface area contributed by atoms with Crippen LogP contribution in [0, 0.1) is 0 Å². The van der Waals surface area contributed by atoms with Gasteiger partial charge in [0, 0.05) is 38.3 Å². The second-order valence-electron chi connectivity index (χ2n) is 6.53. The largest absolute Gasteiger partial charge is 0.357 e. The van der Waals surface area contributed by atoms with Gasteiger partial charge in [-0.2, -0.15) is 0 Å². The first-order valence-corrected chi connectivity index (χ1v) is 9.12. The van der Waals surface area contributed by atoms with E-state index >= 15 is 0 Å². The predicted octanol–water partition coefficient (Wildman–Crippen LogP) is 2.75. The lowest BCUT2D eigenvalue weighted by atomic mass is 10.2. The lowest BCUT2D eigenvalue weighted by molar-refractivity contribution is 0.242. The number of nitrogens with one attached hydrogen (secondary N) is 2. The van der Waals surface area contributed by atoms with Gasteiger partial charge in [0.2, 0.25) is 0 Å². The normalized spacial score (nSPS) is 24.7. The van der Waals surface area contributed by atoms with Crippen molar-refractivity contribution in [2.75, 3.05) is 26.2 Å². The van der Waals surface area contributed by atoms with Crippen LogP contribution >= 0.6 is 0 Å². The van der Waals surface area contributed by atoms with E-state index in [0.717, 1.165) is 25.1 Å². The van der Waals surface area contributed by atoms with Crippen molar-refractivity contribution < 1.29 is 0 Å². The molecule has 122 valence electrons. The minimum Gasteiger partial charge on any atom is -0.357 e. The second-order valence-corrected chi connectivity index (χ2v) is 6.53. The Morgan fingerprint density at radius 3 is 2.67 bits per heavy atom. The minimum atomic E-state index is 0.578. The van der Waals surface area contributed by atoms with Gasteiger partial charge in [-0.1, -0.05) is 32.6 Å². The summed E-state index contributed by atoms with van der Waals surface area (Å²) in [7, 11) is 0. The van der Waals surface area contributed by atoms with Crippen molar-refractivity contribution in [3.8, 4) is 0 Å². The van der Waals surface area contributed by atoms with Crippen molar-refractivity contribution in [1.29, 1.82) is 0 Å². The van der Waals surface area contributed by atoms with Gasteiger partial charge in [0.25, 0.3) is 0 Å². The molecule has 0 aromatic rings. The molecule has 1 unspecified atom stereocenters. The van der Waals surface area contributed by atoms with E-state index in [9.17, 15) is 0 Å². The highest BCUT2D eigenvalue weighted by Gasteiger charge is 2.30. The SMILES string of the molecule is CCCCCN=C(NCC)NC1CCN(C2CCCC2)C1. The Kier molecular flexibility index (Phi) is 7.34. The van der Waals surface area contributed by atoms with Gasteiger partial charge >= 0.3 is 0 Å². The molecule has 0 aromatic carbocycles. The Balaban J connectivity index is 1.75. The van der Waals surface area contributed by atoms with Crippen molar-refractivity contribution in [2.24, 2.45) is 4.99 Å². The predicted molar refractivity (Wildman–Crippen MR) is 90.9 cm³/mol. The molecule has 0 radical (unpaired) electrons. The molecule has 1 heterocycles. The van der Waals surface area contributed by atoms with Crippen LogP contribution in [0.1, 0.15) is 65.2 Å². The summed E-state index contributed by atoms with van der Waals surface area (Å²) in [6, 6.07) is 1.44. The molecule has 1 aliphatic carbocycles. The smallest absolute Gasteiger partial charge is 0.191 e. The molecule has 2 rings (SSSR count). The monoisotopic (exact) mass is 294 g/mol. The molecule has 1 atom stereocenters. The number of nitrogens with zero attached hydrogens (tertiary/aromatic N) is 2. The van der Waals surface area contributed by atoms with Crippen molar-refractivity contribution in [2.45, 2.75) is 77.3 Å². The molecule has 4 heteroatoms. The number of likely N-dealkylation sites (tertiary alicyclic amines) is 1. The molecule has 21 heavy (non-hydrogen) atoms. The van der Waals surface area contributed by atoms with Crippen LogP contribution in [0.2, 0.25) is 0 Å². The summed E-state index contributed by atoms with van der Waals surface area (Å²) >= 11 is 0. The van der Waals surface area contributed by atoms with Gasteiger partial charge in [0.1, 0.15) is 0 Å². The fraction of sp³-hybridized carbons (Fsp3) is 0.941. The van der Waals surface area contributed by atoms with Gasteiger partial charge in [-0.15, -0.1) is 0 Å². The van der Waals surface area contributed by atoms with Crippen LogP contribution in [0.3, 0.4) is 0 Å². The molecule has 0 amide bonds. The Labute approximate surface area is 130 Å². The standard InChI is InChI=1S/C17H34N4/c1-3-5-8-12-19-17(18-4-2)20-15-11-13-21(14-15)16-9-6-7-10-16/h15-16H,3-14H2,1-2H3,(H2,18,19,20). The molecule has 2 aliphatic rings. The summed E-state index contributed by atoms with van der Waals surface area (Å²) < 4.78 is 0. The molecule has 2 N–H and O–H groups in total. The second kappa shape index (κ2) is 9.29. The Hall–Kier alpha value is -0.770. The Morgan fingerprint density at radius 1 is 1.14 bits per heavy atom. The molecular formula is C17H34N4. The molecule has 4 nitrogen and oxygen atoms in total. The summed E-state index contributed by atoms with van der Waals surface area (Å²) in [5.41, 5.74) is 0. The fourth-order valence-electron chi connectivity index (χ4n) is 3.57. The zero-order chi connectivity index (χ0) is 14.9. The minimum absolute atomic E-state index is 0.578. The summed E-state index contributed by atoms with van der Waals surface area (Å²) in [5.74, 6) is 1.02. The van der Waals surface area contributed by atoms with Crippen LogP contribution in [-0.2, 0) is 0 Å². The van der Waals surface area contributed by atoms with Crippen LogP contribution < -0.4 is 10.6 Å². The van der Waals surface area contributed by atoms with E-state index in [0.29, 0.717) is 6.04 Å². The molecule has 1 aliphatic heterocycles. The summed E-state index contributed by atoms with van der Waals surface area (Å²) in [5, 5.41) is 7.04. The maximum Gasteiger partial charge on any atom is 0.191 e. The zero-order valence-corrected chi connectivity index (χ0v) is 14.0. The molecule has 2 fully saturated rings. The average molecular weight is 294 g/mol. The highest BCUT2D eigenvalue weighted by molar-refractivity contribution is 5.80.